The average Bonchev–Trinajstić information content (AvgIpc) is 4.11. The summed E-state index contributed by atoms with van der Waals surface area (Å²) in [6.45, 7) is 7.84. The first-order valence-corrected chi connectivity index (χ1v) is 27.8. The second kappa shape index (κ2) is 29.2. The van der Waals surface area contributed by atoms with Gasteiger partial charge in [-0.15, -0.1) is 12.4 Å². The maximum absolute atomic E-state index is 14.0. The van der Waals surface area contributed by atoms with Crippen molar-refractivity contribution in [1.29, 1.82) is 0 Å². The summed E-state index contributed by atoms with van der Waals surface area (Å²) in [5.74, 6) is -0.327. The first-order valence-electron chi connectivity index (χ1n) is 27.0. The number of methoxy groups -OCH3 is 1. The highest BCUT2D eigenvalue weighted by molar-refractivity contribution is 6.33. The molecule has 83 heavy (non-hydrogen) atoms. The van der Waals surface area contributed by atoms with Crippen LogP contribution in [-0.2, 0) is 45.0 Å². The number of aliphatic hydroxyl groups excluding tert-OH is 2. The van der Waals surface area contributed by atoms with Crippen molar-refractivity contribution in [1.82, 2.24) is 35.1 Å². The lowest BCUT2D eigenvalue weighted by molar-refractivity contribution is -0.141. The number of nitrogens with one attached hydrogen (secondary N) is 1. The van der Waals surface area contributed by atoms with Crippen LogP contribution in [0.3, 0.4) is 0 Å². The van der Waals surface area contributed by atoms with E-state index in [4.69, 9.17) is 53.2 Å². The predicted molar refractivity (Wildman–Crippen MR) is 309 cm³/mol. The van der Waals surface area contributed by atoms with Crippen molar-refractivity contribution in [2.24, 2.45) is 17.6 Å². The predicted octanol–water partition coefficient (Wildman–Crippen LogP) is 8.85. The van der Waals surface area contributed by atoms with Gasteiger partial charge in [0.25, 0.3) is 11.8 Å². The van der Waals surface area contributed by atoms with E-state index >= 15 is 0 Å². The highest BCUT2D eigenvalue weighted by Gasteiger charge is 2.36. The minimum absolute atomic E-state index is 0. The van der Waals surface area contributed by atoms with Gasteiger partial charge in [0, 0.05) is 93.1 Å². The molecule has 0 unspecified atom stereocenters. The SMILES string of the molecule is COc1cc(F)cc([C@@H](CO)NC(=O)[C@@H](C)N2Cc3ccc(-c4nc(CC5CCOCC5)ncc4Cl)cc3C2=O)c1.C[C@H](C(=O)O)N1Cc2ccc(-c3nc(CC4CCOCC4)ncc3Cl)cc2C1=O.Cc1cc(F)cc([C@H](N)CO)c1.Cl. The zero-order valence-electron chi connectivity index (χ0n) is 46.3. The average molecular weight is 1200 g/mol. The number of aryl methyl sites for hydroxylation is 1. The van der Waals surface area contributed by atoms with E-state index in [1.54, 1.807) is 50.5 Å². The molecule has 3 amide bonds. The summed E-state index contributed by atoms with van der Waals surface area (Å²) in [5.41, 5.74) is 12.4. The van der Waals surface area contributed by atoms with Gasteiger partial charge < -0.3 is 50.4 Å². The first-order chi connectivity index (χ1) is 39.3. The molecule has 2 aromatic heterocycles. The number of halogens is 5. The number of carbonyl (C=O) groups is 4. The number of rotatable bonds is 16. The van der Waals surface area contributed by atoms with Gasteiger partial charge in [-0.1, -0.05) is 53.5 Å². The van der Waals surface area contributed by atoms with Crippen LogP contribution in [-0.4, -0.2) is 128 Å². The van der Waals surface area contributed by atoms with Crippen LogP contribution < -0.4 is 15.8 Å². The van der Waals surface area contributed by atoms with Gasteiger partial charge in [0.05, 0.1) is 53.8 Å². The van der Waals surface area contributed by atoms with Crippen LogP contribution >= 0.6 is 35.6 Å². The molecule has 0 aliphatic carbocycles. The molecule has 4 aliphatic heterocycles. The number of hydrogen-bond donors (Lipinski definition) is 5. The second-order valence-electron chi connectivity index (χ2n) is 20.8. The molecule has 0 radical (unpaired) electrons. The molecule has 2 fully saturated rings. The Hall–Kier alpha value is -6.75. The molecule has 4 aliphatic rings. The van der Waals surface area contributed by atoms with E-state index in [1.807, 2.05) is 24.3 Å². The van der Waals surface area contributed by atoms with Gasteiger partial charge in [-0.05, 0) is 123 Å². The molecule has 0 spiro atoms. The summed E-state index contributed by atoms with van der Waals surface area (Å²) in [4.78, 5) is 71.6. The summed E-state index contributed by atoms with van der Waals surface area (Å²) in [6, 6.07) is 16.3. The summed E-state index contributed by atoms with van der Waals surface area (Å²) in [6.07, 6.45) is 8.61. The van der Waals surface area contributed by atoms with Crippen molar-refractivity contribution in [3.8, 4) is 28.3 Å². The van der Waals surface area contributed by atoms with Gasteiger partial charge in [-0.25, -0.2) is 33.5 Å². The van der Waals surface area contributed by atoms with E-state index in [0.29, 0.717) is 66.9 Å². The topological polar surface area (TPSA) is 253 Å². The Bertz CT molecular complexity index is 3280. The maximum atomic E-state index is 14.0. The number of benzene rings is 4. The van der Waals surface area contributed by atoms with Gasteiger partial charge >= 0.3 is 5.97 Å². The van der Waals surface area contributed by atoms with Gasteiger partial charge in [0.15, 0.2) is 0 Å². The minimum Gasteiger partial charge on any atom is -0.497 e. The molecule has 6 heterocycles. The van der Waals surface area contributed by atoms with Gasteiger partial charge in [0.1, 0.15) is 41.1 Å². The number of carboxylic acids is 1. The largest absolute Gasteiger partial charge is 0.497 e. The van der Waals surface area contributed by atoms with Crippen LogP contribution in [0.1, 0.15) is 112 Å². The maximum Gasteiger partial charge on any atom is 0.326 e. The van der Waals surface area contributed by atoms with Crippen LogP contribution in [0.4, 0.5) is 8.78 Å². The third-order valence-electron chi connectivity index (χ3n) is 15.0. The van der Waals surface area contributed by atoms with Crippen molar-refractivity contribution in [3.63, 3.8) is 0 Å². The molecule has 442 valence electrons. The number of aliphatic carboxylic acids is 1. The molecule has 0 bridgehead atoms. The number of amides is 3. The van der Waals surface area contributed by atoms with E-state index in [9.17, 15) is 38.2 Å². The standard InChI is InChI=1S/C30H32ClFN4O5.C21H22ClN3O4.C9H12FNO.ClH/c1-17(29(38)34-26(16-37)21-10-22(32)13-23(11-21)40-2)36-15-20-4-3-19(12-24(20)30(36)39)28-25(31)14-33-27(35-28)9-18-5-7-41-8-6-18;1-12(21(27)28)25-11-15-3-2-14(9-16(15)20(25)26)19-17(22)10-23-18(24-19)8-13-4-6-29-7-5-13;1-6-2-7(9(11)5-12)4-8(10)3-6;/h3-4,10-14,17-18,26,37H,5-9,15-16H2,1-2H3,(H,34,38);2-3,9-10,12-13H,4-8,11H2,1H3,(H,27,28);2-4,9,12H,5,11H2,1H3;1H/t17-,26-;12-;9-;/m111./s1. The van der Waals surface area contributed by atoms with Gasteiger partial charge in [-0.2, -0.15) is 0 Å². The number of carboxylic acid groups (broad SMARTS) is 1. The quantitative estimate of drug-likeness (QED) is 0.0607. The molecule has 2 saturated heterocycles. The molecule has 10 rings (SSSR count). The van der Waals surface area contributed by atoms with Crippen molar-refractivity contribution in [2.45, 2.75) is 96.6 Å². The Morgan fingerprint density at radius 1 is 0.723 bits per heavy atom. The summed E-state index contributed by atoms with van der Waals surface area (Å²) >= 11 is 12.8. The smallest absolute Gasteiger partial charge is 0.326 e. The number of aromatic nitrogens is 4. The Kier molecular flexibility index (Phi) is 22.4. The van der Waals surface area contributed by atoms with Crippen LogP contribution in [0.2, 0.25) is 10.0 Å². The fourth-order valence-corrected chi connectivity index (χ4v) is 10.6. The summed E-state index contributed by atoms with van der Waals surface area (Å²) < 4.78 is 42.8. The molecule has 4 atom stereocenters. The number of hydrogen-bond acceptors (Lipinski definition) is 14. The summed E-state index contributed by atoms with van der Waals surface area (Å²) in [5, 5.41) is 31.4. The van der Waals surface area contributed by atoms with Crippen molar-refractivity contribution in [2.75, 3.05) is 46.8 Å². The molecular formula is C60H67Cl3F2N8O10. The lowest BCUT2D eigenvalue weighted by atomic mass is 9.96. The number of nitrogens with two attached hydrogens (primary N) is 1. The van der Waals surface area contributed by atoms with Crippen LogP contribution in [0.5, 0.6) is 5.75 Å². The number of carbonyl (C=O) groups excluding carboxylic acids is 3. The van der Waals surface area contributed by atoms with E-state index in [0.717, 1.165) is 93.0 Å². The van der Waals surface area contributed by atoms with Crippen LogP contribution in [0, 0.1) is 30.4 Å². The molecule has 6 aromatic rings. The fourth-order valence-electron chi connectivity index (χ4n) is 10.2. The van der Waals surface area contributed by atoms with E-state index < -0.39 is 48.5 Å². The van der Waals surface area contributed by atoms with Crippen LogP contribution in [0.15, 0.2) is 85.2 Å². The lowest BCUT2D eigenvalue weighted by Crippen LogP contribution is -2.46. The molecule has 4 aromatic carbocycles. The zero-order valence-corrected chi connectivity index (χ0v) is 48.7. The highest BCUT2D eigenvalue weighted by Crippen LogP contribution is 2.35. The number of fused-ring (bicyclic) bond motifs is 2. The Labute approximate surface area is 496 Å². The number of aliphatic hydroxyl groups is 2. The number of ether oxygens (including phenoxy) is 3. The molecular weight excluding hydrogens is 1140 g/mol. The number of nitrogens with zero attached hydrogens (tertiary/aromatic N) is 6. The molecule has 6 N–H and O–H groups in total. The van der Waals surface area contributed by atoms with Gasteiger partial charge in [0.2, 0.25) is 5.91 Å². The third kappa shape index (κ3) is 15.9. The normalized spacial score (nSPS) is 16.5. The second-order valence-corrected chi connectivity index (χ2v) is 21.6. The monoisotopic (exact) mass is 1200 g/mol. The van der Waals surface area contributed by atoms with E-state index in [2.05, 4.69) is 20.3 Å². The minimum atomic E-state index is -1.03. The molecule has 18 nitrogen and oxygen atoms in total. The van der Waals surface area contributed by atoms with Crippen molar-refractivity contribution < 1.29 is 57.5 Å². The molecule has 23 heteroatoms. The Morgan fingerprint density at radius 2 is 1.20 bits per heavy atom. The fraction of sp³-hybridized carbons (Fsp3) is 0.400. The van der Waals surface area contributed by atoms with Crippen molar-refractivity contribution in [3.05, 3.63) is 157 Å². The van der Waals surface area contributed by atoms with Crippen LogP contribution in [0.25, 0.3) is 22.5 Å². The zero-order chi connectivity index (χ0) is 58.8. The molecule has 0 saturated carbocycles. The Morgan fingerprint density at radius 3 is 1.66 bits per heavy atom. The van der Waals surface area contributed by atoms with Gasteiger partial charge in [-0.3, -0.25) is 14.4 Å². The summed E-state index contributed by atoms with van der Waals surface area (Å²) in [7, 11) is 1.40. The Balaban J connectivity index is 0.000000204. The highest BCUT2D eigenvalue weighted by atomic mass is 35.5. The van der Waals surface area contributed by atoms with Crippen molar-refractivity contribution >= 4 is 59.3 Å². The lowest BCUT2D eigenvalue weighted by Gasteiger charge is -2.26. The first kappa shape index (κ1) is 63.8. The van der Waals surface area contributed by atoms with E-state index in [-0.39, 0.29) is 55.5 Å². The third-order valence-corrected chi connectivity index (χ3v) is 15.6. The van der Waals surface area contributed by atoms with E-state index in [1.165, 1.54) is 48.1 Å².